The molecular formula is C11H19NO4. The molecule has 0 saturated heterocycles. The number of hydrogen-bond donors (Lipinski definition) is 2. The topological polar surface area (TPSA) is 75.6 Å². The summed E-state index contributed by atoms with van der Waals surface area (Å²) in [7, 11) is 0. The first-order valence-electron chi connectivity index (χ1n) is 5.40. The summed E-state index contributed by atoms with van der Waals surface area (Å²) in [6.45, 7) is 5.05. The van der Waals surface area contributed by atoms with E-state index in [1.54, 1.807) is 20.8 Å². The summed E-state index contributed by atoms with van der Waals surface area (Å²) in [5.74, 6) is -0.124. The number of carbonyl (C=O) groups is 2. The molecule has 16 heavy (non-hydrogen) atoms. The van der Waals surface area contributed by atoms with E-state index in [0.29, 0.717) is 12.8 Å². The predicted molar refractivity (Wildman–Crippen MR) is 58.0 cm³/mol. The molecule has 5 heteroatoms. The number of aliphatic hydroxyl groups excluding tert-OH is 1. The average Bonchev–Trinajstić information content (AvgIpc) is 2.92. The largest absolute Gasteiger partial charge is 0.444 e. The summed E-state index contributed by atoms with van der Waals surface area (Å²) in [5.41, 5.74) is -1.16. The molecule has 1 rings (SSSR count). The fourth-order valence-electron chi connectivity index (χ4n) is 1.33. The molecule has 0 bridgehead atoms. The van der Waals surface area contributed by atoms with Gasteiger partial charge in [0.1, 0.15) is 5.60 Å². The Morgan fingerprint density at radius 1 is 1.38 bits per heavy atom. The Hall–Kier alpha value is -1.10. The van der Waals surface area contributed by atoms with Crippen molar-refractivity contribution in [1.29, 1.82) is 0 Å². The molecule has 0 spiro atoms. The average molecular weight is 229 g/mol. The second-order valence-corrected chi connectivity index (χ2v) is 5.22. The van der Waals surface area contributed by atoms with Gasteiger partial charge in [-0.15, -0.1) is 0 Å². The Kier molecular flexibility index (Phi) is 3.57. The highest BCUT2D eigenvalue weighted by Gasteiger charge is 2.48. The Labute approximate surface area is 95.2 Å². The summed E-state index contributed by atoms with van der Waals surface area (Å²) in [5, 5.41) is 11.4. The molecule has 0 aromatic carbocycles. The fraction of sp³-hybridized carbons (Fsp3) is 0.818. The number of Topliss-reactive ketones (excluding diaryl/α,β-unsaturated/α-hetero) is 1. The second-order valence-electron chi connectivity index (χ2n) is 5.22. The molecule has 1 amide bonds. The highest BCUT2D eigenvalue weighted by molar-refractivity contribution is 5.91. The van der Waals surface area contributed by atoms with Crippen LogP contribution < -0.4 is 5.32 Å². The highest BCUT2D eigenvalue weighted by atomic mass is 16.6. The van der Waals surface area contributed by atoms with Gasteiger partial charge in [-0.25, -0.2) is 4.79 Å². The Bertz CT molecular complexity index is 289. The number of hydrogen-bond acceptors (Lipinski definition) is 4. The van der Waals surface area contributed by atoms with Crippen LogP contribution in [0.15, 0.2) is 0 Å². The molecule has 1 saturated carbocycles. The number of ether oxygens (including phenoxy) is 1. The smallest absolute Gasteiger partial charge is 0.408 e. The van der Waals surface area contributed by atoms with Crippen LogP contribution in [-0.2, 0) is 9.53 Å². The quantitative estimate of drug-likeness (QED) is 0.749. The van der Waals surface area contributed by atoms with Crippen molar-refractivity contribution < 1.29 is 19.4 Å². The van der Waals surface area contributed by atoms with Crippen LogP contribution in [0.4, 0.5) is 4.79 Å². The van der Waals surface area contributed by atoms with E-state index < -0.39 is 17.1 Å². The maximum Gasteiger partial charge on any atom is 0.408 e. The maximum atomic E-state index is 11.6. The van der Waals surface area contributed by atoms with Crippen molar-refractivity contribution in [2.75, 3.05) is 13.2 Å². The van der Waals surface area contributed by atoms with Gasteiger partial charge in [0.25, 0.3) is 0 Å². The summed E-state index contributed by atoms with van der Waals surface area (Å²) in [6.07, 6.45) is 0.811. The minimum Gasteiger partial charge on any atom is -0.444 e. The number of alkyl carbamates (subject to hydrolysis) is 1. The van der Waals surface area contributed by atoms with Crippen LogP contribution in [0, 0.1) is 5.41 Å². The van der Waals surface area contributed by atoms with E-state index in [1.807, 2.05) is 0 Å². The van der Waals surface area contributed by atoms with Gasteiger partial charge in [-0.2, -0.15) is 0 Å². The van der Waals surface area contributed by atoms with Crippen LogP contribution in [0.2, 0.25) is 0 Å². The predicted octanol–water partition coefficient (Wildman–Crippen LogP) is 0.853. The van der Waals surface area contributed by atoms with Crippen molar-refractivity contribution >= 4 is 11.9 Å². The molecule has 0 aromatic rings. The van der Waals surface area contributed by atoms with E-state index in [-0.39, 0.29) is 18.9 Å². The summed E-state index contributed by atoms with van der Waals surface area (Å²) in [4.78, 5) is 22.8. The minimum absolute atomic E-state index is 0.0739. The third-order valence-corrected chi connectivity index (χ3v) is 2.54. The van der Waals surface area contributed by atoms with Crippen LogP contribution >= 0.6 is 0 Å². The lowest BCUT2D eigenvalue weighted by Gasteiger charge is -2.20. The molecule has 92 valence electrons. The summed E-state index contributed by atoms with van der Waals surface area (Å²) in [6, 6.07) is 0. The van der Waals surface area contributed by atoms with Crippen molar-refractivity contribution in [3.8, 4) is 0 Å². The first-order valence-corrected chi connectivity index (χ1v) is 5.40. The highest BCUT2D eigenvalue weighted by Crippen LogP contribution is 2.45. The van der Waals surface area contributed by atoms with E-state index in [4.69, 9.17) is 9.84 Å². The van der Waals surface area contributed by atoms with Crippen molar-refractivity contribution in [2.24, 2.45) is 5.41 Å². The molecule has 0 radical (unpaired) electrons. The molecule has 0 unspecified atom stereocenters. The van der Waals surface area contributed by atoms with Crippen molar-refractivity contribution in [2.45, 2.75) is 39.2 Å². The van der Waals surface area contributed by atoms with Crippen LogP contribution in [0.5, 0.6) is 0 Å². The normalized spacial score (nSPS) is 17.8. The van der Waals surface area contributed by atoms with Gasteiger partial charge in [0.05, 0.1) is 18.6 Å². The van der Waals surface area contributed by atoms with Crippen LogP contribution in [-0.4, -0.2) is 35.7 Å². The second kappa shape index (κ2) is 4.41. The Balaban J connectivity index is 2.30. The van der Waals surface area contributed by atoms with Gasteiger partial charge in [0.2, 0.25) is 0 Å². The number of nitrogens with one attached hydrogen (secondary N) is 1. The third kappa shape index (κ3) is 3.48. The van der Waals surface area contributed by atoms with E-state index in [9.17, 15) is 9.59 Å². The van der Waals surface area contributed by atoms with Gasteiger partial charge in [0.15, 0.2) is 5.78 Å². The van der Waals surface area contributed by atoms with Gasteiger partial charge < -0.3 is 15.2 Å². The fourth-order valence-corrected chi connectivity index (χ4v) is 1.33. The van der Waals surface area contributed by atoms with Crippen molar-refractivity contribution in [3.63, 3.8) is 0 Å². The zero-order valence-electron chi connectivity index (χ0n) is 10.0. The number of ketones is 1. The van der Waals surface area contributed by atoms with Crippen molar-refractivity contribution in [1.82, 2.24) is 5.32 Å². The molecule has 0 aromatic heterocycles. The zero-order valence-corrected chi connectivity index (χ0v) is 10.0. The molecule has 2 N–H and O–H groups in total. The van der Waals surface area contributed by atoms with Crippen molar-refractivity contribution in [3.05, 3.63) is 0 Å². The zero-order chi connectivity index (χ0) is 12.4. The Morgan fingerprint density at radius 2 is 1.94 bits per heavy atom. The number of amides is 1. The first-order chi connectivity index (χ1) is 7.29. The lowest BCUT2D eigenvalue weighted by molar-refractivity contribution is -0.124. The van der Waals surface area contributed by atoms with Crippen LogP contribution in [0.1, 0.15) is 33.6 Å². The van der Waals surface area contributed by atoms with Gasteiger partial charge in [-0.1, -0.05) is 0 Å². The van der Waals surface area contributed by atoms with E-state index in [1.165, 1.54) is 0 Å². The maximum absolute atomic E-state index is 11.6. The molecule has 0 aliphatic heterocycles. The molecule has 0 atom stereocenters. The molecule has 1 aliphatic rings. The third-order valence-electron chi connectivity index (χ3n) is 2.54. The number of aliphatic hydroxyl groups is 1. The monoisotopic (exact) mass is 229 g/mol. The van der Waals surface area contributed by atoms with Gasteiger partial charge >= 0.3 is 6.09 Å². The molecule has 1 aliphatic carbocycles. The molecule has 5 nitrogen and oxygen atoms in total. The standard InChI is InChI=1S/C11H19NO4/c1-10(2,3)16-9(15)12-6-8(14)11(7-13)4-5-11/h13H,4-7H2,1-3H3,(H,12,15). The molecular weight excluding hydrogens is 210 g/mol. The Morgan fingerprint density at radius 3 is 2.31 bits per heavy atom. The lowest BCUT2D eigenvalue weighted by atomic mass is 10.0. The lowest BCUT2D eigenvalue weighted by Crippen LogP contribution is -2.38. The van der Waals surface area contributed by atoms with Gasteiger partial charge in [-0.05, 0) is 33.6 Å². The number of rotatable bonds is 4. The summed E-state index contributed by atoms with van der Waals surface area (Å²) < 4.78 is 4.99. The SMILES string of the molecule is CC(C)(C)OC(=O)NCC(=O)C1(CO)CC1. The molecule has 1 fully saturated rings. The van der Waals surface area contributed by atoms with Crippen LogP contribution in [0.3, 0.4) is 0 Å². The van der Waals surface area contributed by atoms with Gasteiger partial charge in [0, 0.05) is 0 Å². The van der Waals surface area contributed by atoms with Gasteiger partial charge in [-0.3, -0.25) is 4.79 Å². The van der Waals surface area contributed by atoms with E-state index in [0.717, 1.165) is 0 Å². The first kappa shape index (κ1) is 13.0. The molecule has 0 heterocycles. The van der Waals surface area contributed by atoms with Crippen LogP contribution in [0.25, 0.3) is 0 Å². The van der Waals surface area contributed by atoms with E-state index in [2.05, 4.69) is 5.32 Å². The minimum atomic E-state index is -0.602. The summed E-state index contributed by atoms with van der Waals surface area (Å²) >= 11 is 0. The van der Waals surface area contributed by atoms with E-state index >= 15 is 0 Å². The number of carbonyl (C=O) groups excluding carboxylic acids is 2.